The van der Waals surface area contributed by atoms with Gasteiger partial charge in [0.05, 0.1) is 4.47 Å². The highest BCUT2D eigenvalue weighted by Gasteiger charge is 2.15. The standard InChI is InChI=1S/C9H9BrF2O2/c10-8-7(14)4-6(11)5(9(8)12)2-1-3-13/h4,13-14H,1-3H2. The van der Waals surface area contributed by atoms with E-state index in [1.807, 2.05) is 0 Å². The first-order valence-corrected chi connectivity index (χ1v) is 4.83. The lowest BCUT2D eigenvalue weighted by molar-refractivity contribution is 0.287. The smallest absolute Gasteiger partial charge is 0.147 e. The third kappa shape index (κ3) is 2.22. The Hall–Kier alpha value is -0.680. The molecule has 0 heterocycles. The second kappa shape index (κ2) is 4.70. The molecule has 0 amide bonds. The molecule has 0 aliphatic carbocycles. The summed E-state index contributed by atoms with van der Waals surface area (Å²) in [5.41, 5.74) is -0.122. The van der Waals surface area contributed by atoms with Gasteiger partial charge in [-0.1, -0.05) is 0 Å². The van der Waals surface area contributed by atoms with Crippen molar-refractivity contribution in [2.45, 2.75) is 12.8 Å². The predicted octanol–water partition coefficient (Wildman–Crippen LogP) is 2.36. The number of aliphatic hydroxyl groups excluding tert-OH is 1. The summed E-state index contributed by atoms with van der Waals surface area (Å²) < 4.78 is 26.3. The molecule has 0 aliphatic rings. The van der Waals surface area contributed by atoms with Crippen LogP contribution in [-0.2, 0) is 6.42 Å². The van der Waals surface area contributed by atoms with Crippen LogP contribution in [0.4, 0.5) is 8.78 Å². The fraction of sp³-hybridized carbons (Fsp3) is 0.333. The summed E-state index contributed by atoms with van der Waals surface area (Å²) in [7, 11) is 0. The summed E-state index contributed by atoms with van der Waals surface area (Å²) >= 11 is 2.80. The first-order chi connectivity index (χ1) is 6.57. The average Bonchev–Trinajstić information content (AvgIpc) is 2.14. The lowest BCUT2D eigenvalue weighted by Gasteiger charge is -2.07. The van der Waals surface area contributed by atoms with E-state index < -0.39 is 17.4 Å². The first-order valence-electron chi connectivity index (χ1n) is 4.04. The molecule has 0 bridgehead atoms. The summed E-state index contributed by atoms with van der Waals surface area (Å²) in [6, 6.07) is 0.847. The minimum Gasteiger partial charge on any atom is -0.507 e. The molecule has 5 heteroatoms. The van der Waals surface area contributed by atoms with Crippen LogP contribution in [0.3, 0.4) is 0 Å². The maximum Gasteiger partial charge on any atom is 0.147 e. The molecule has 0 aliphatic heterocycles. The van der Waals surface area contributed by atoms with Gasteiger partial charge in [0.1, 0.15) is 17.4 Å². The Bertz CT molecular complexity index is 342. The molecule has 0 atom stereocenters. The van der Waals surface area contributed by atoms with Crippen LogP contribution < -0.4 is 0 Å². The van der Waals surface area contributed by atoms with Crippen molar-refractivity contribution in [1.82, 2.24) is 0 Å². The molecule has 14 heavy (non-hydrogen) atoms. The maximum absolute atomic E-state index is 13.3. The highest BCUT2D eigenvalue weighted by molar-refractivity contribution is 9.10. The highest BCUT2D eigenvalue weighted by Crippen LogP contribution is 2.31. The van der Waals surface area contributed by atoms with Gasteiger partial charge in [-0.2, -0.15) is 0 Å². The molecule has 78 valence electrons. The van der Waals surface area contributed by atoms with Crippen LogP contribution in [0.5, 0.6) is 5.75 Å². The van der Waals surface area contributed by atoms with Crippen LogP contribution in [0.2, 0.25) is 0 Å². The van der Waals surface area contributed by atoms with Gasteiger partial charge in [0, 0.05) is 18.2 Å². The van der Waals surface area contributed by atoms with Gasteiger partial charge in [0.2, 0.25) is 0 Å². The maximum atomic E-state index is 13.3. The van der Waals surface area contributed by atoms with Gasteiger partial charge in [0.25, 0.3) is 0 Å². The quantitative estimate of drug-likeness (QED) is 0.825. The van der Waals surface area contributed by atoms with E-state index in [1.165, 1.54) is 0 Å². The summed E-state index contributed by atoms with van der Waals surface area (Å²) in [6.07, 6.45) is 0.387. The van der Waals surface area contributed by atoms with E-state index in [4.69, 9.17) is 10.2 Å². The number of rotatable bonds is 3. The third-order valence-corrected chi connectivity index (χ3v) is 2.57. The van der Waals surface area contributed by atoms with Crippen LogP contribution in [0.1, 0.15) is 12.0 Å². The van der Waals surface area contributed by atoms with Crippen LogP contribution in [-0.4, -0.2) is 16.8 Å². The van der Waals surface area contributed by atoms with Crippen LogP contribution in [0.15, 0.2) is 10.5 Å². The second-order valence-corrected chi connectivity index (χ2v) is 3.60. The second-order valence-electron chi connectivity index (χ2n) is 2.81. The SMILES string of the molecule is OCCCc1c(F)cc(O)c(Br)c1F. The van der Waals surface area contributed by atoms with Crippen molar-refractivity contribution in [3.8, 4) is 5.75 Å². The third-order valence-electron chi connectivity index (χ3n) is 1.82. The Morgan fingerprint density at radius 1 is 1.36 bits per heavy atom. The molecular weight excluding hydrogens is 258 g/mol. The Kier molecular flexibility index (Phi) is 3.83. The molecule has 1 rings (SSSR count). The zero-order valence-corrected chi connectivity index (χ0v) is 8.81. The number of halogens is 3. The fourth-order valence-corrected chi connectivity index (χ4v) is 1.46. The van der Waals surface area contributed by atoms with Crippen molar-refractivity contribution in [3.63, 3.8) is 0 Å². The molecule has 0 unspecified atom stereocenters. The molecule has 2 N–H and O–H groups in total. The van der Waals surface area contributed by atoms with E-state index in [0.29, 0.717) is 0 Å². The van der Waals surface area contributed by atoms with E-state index >= 15 is 0 Å². The van der Waals surface area contributed by atoms with Gasteiger partial charge >= 0.3 is 0 Å². The number of hydrogen-bond acceptors (Lipinski definition) is 2. The Labute approximate surface area is 88.3 Å². The molecule has 1 aromatic rings. The average molecular weight is 267 g/mol. The summed E-state index contributed by atoms with van der Waals surface area (Å²) in [4.78, 5) is 0. The van der Waals surface area contributed by atoms with Crippen molar-refractivity contribution in [2.75, 3.05) is 6.61 Å². The highest BCUT2D eigenvalue weighted by atomic mass is 79.9. The van der Waals surface area contributed by atoms with Crippen molar-refractivity contribution in [3.05, 3.63) is 27.7 Å². The van der Waals surface area contributed by atoms with Crippen LogP contribution >= 0.6 is 15.9 Å². The minimum absolute atomic E-state index is 0.104. The number of aromatic hydroxyl groups is 1. The summed E-state index contributed by atoms with van der Waals surface area (Å²) in [5.74, 6) is -2.07. The topological polar surface area (TPSA) is 40.5 Å². The van der Waals surface area contributed by atoms with Crippen molar-refractivity contribution in [2.24, 2.45) is 0 Å². The normalized spacial score (nSPS) is 10.6. The molecule has 0 radical (unpaired) electrons. The van der Waals surface area contributed by atoms with Gasteiger partial charge in [-0.05, 0) is 28.8 Å². The van der Waals surface area contributed by atoms with Crippen LogP contribution in [0, 0.1) is 11.6 Å². The van der Waals surface area contributed by atoms with E-state index in [0.717, 1.165) is 6.07 Å². The van der Waals surface area contributed by atoms with Gasteiger partial charge < -0.3 is 10.2 Å². The number of aliphatic hydroxyl groups is 1. The van der Waals surface area contributed by atoms with E-state index in [9.17, 15) is 8.78 Å². The largest absolute Gasteiger partial charge is 0.507 e. The Morgan fingerprint density at radius 3 is 2.57 bits per heavy atom. The molecule has 0 saturated heterocycles. The minimum atomic E-state index is -0.809. The van der Waals surface area contributed by atoms with E-state index in [1.54, 1.807) is 0 Å². The first kappa shape index (κ1) is 11.4. The zero-order valence-electron chi connectivity index (χ0n) is 7.23. The molecule has 1 aromatic carbocycles. The van der Waals surface area contributed by atoms with E-state index in [-0.39, 0.29) is 29.5 Å². The lowest BCUT2D eigenvalue weighted by atomic mass is 10.1. The van der Waals surface area contributed by atoms with Gasteiger partial charge in [-0.3, -0.25) is 0 Å². The van der Waals surface area contributed by atoms with Crippen LogP contribution in [0.25, 0.3) is 0 Å². The molecule has 0 spiro atoms. The fourth-order valence-electron chi connectivity index (χ4n) is 1.11. The van der Waals surface area contributed by atoms with Crippen molar-refractivity contribution >= 4 is 15.9 Å². The van der Waals surface area contributed by atoms with Crippen molar-refractivity contribution < 1.29 is 19.0 Å². The number of benzene rings is 1. The summed E-state index contributed by atoms with van der Waals surface area (Å²) in [5, 5.41) is 17.6. The van der Waals surface area contributed by atoms with E-state index in [2.05, 4.69) is 15.9 Å². The number of phenols is 1. The summed E-state index contributed by atoms with van der Waals surface area (Å²) in [6.45, 7) is -0.128. The molecule has 0 fully saturated rings. The Morgan fingerprint density at radius 2 is 2.00 bits per heavy atom. The van der Waals surface area contributed by atoms with Gasteiger partial charge in [0.15, 0.2) is 0 Å². The van der Waals surface area contributed by atoms with Gasteiger partial charge in [-0.15, -0.1) is 0 Å². The Balaban J connectivity index is 3.09. The predicted molar refractivity (Wildman–Crippen MR) is 51.1 cm³/mol. The van der Waals surface area contributed by atoms with Crippen molar-refractivity contribution in [1.29, 1.82) is 0 Å². The molecule has 0 aromatic heterocycles. The monoisotopic (exact) mass is 266 g/mol. The molecular formula is C9H9BrF2O2. The zero-order chi connectivity index (χ0) is 10.7. The molecule has 0 saturated carbocycles. The number of hydrogen-bond donors (Lipinski definition) is 2. The molecule has 2 nitrogen and oxygen atoms in total. The lowest BCUT2D eigenvalue weighted by Crippen LogP contribution is -1.99. The number of phenolic OH excluding ortho intramolecular Hbond substituents is 1. The van der Waals surface area contributed by atoms with Gasteiger partial charge in [-0.25, -0.2) is 8.78 Å².